The first-order chi connectivity index (χ1) is 12.0. The molecule has 0 unspecified atom stereocenters. The van der Waals surface area contributed by atoms with E-state index in [-0.39, 0.29) is 5.56 Å². The minimum Gasteiger partial charge on any atom is -0.494 e. The topological polar surface area (TPSA) is 59.4 Å². The number of benzene rings is 2. The van der Waals surface area contributed by atoms with Crippen molar-refractivity contribution < 1.29 is 14.6 Å². The molecule has 1 aromatic heterocycles. The number of ether oxygens (including phenoxy) is 1. The molecule has 2 aromatic carbocycles. The summed E-state index contributed by atoms with van der Waals surface area (Å²) in [5, 5.41) is 10.3. The van der Waals surface area contributed by atoms with Gasteiger partial charge < -0.3 is 9.84 Å². The van der Waals surface area contributed by atoms with Gasteiger partial charge in [0.05, 0.1) is 23.4 Å². The summed E-state index contributed by atoms with van der Waals surface area (Å²) in [6.07, 6.45) is 0.949. The monoisotopic (exact) mass is 399 g/mol. The second-order valence-electron chi connectivity index (χ2n) is 5.80. The first-order valence-electron chi connectivity index (χ1n) is 8.07. The molecule has 0 radical (unpaired) electrons. The van der Waals surface area contributed by atoms with Gasteiger partial charge >= 0.3 is 5.97 Å². The van der Waals surface area contributed by atoms with Crippen LogP contribution in [0.1, 0.15) is 29.3 Å². The number of nitrogens with zero attached hydrogens (tertiary/aromatic N) is 1. The molecule has 0 atom stereocenters. The van der Waals surface area contributed by atoms with E-state index in [2.05, 4.69) is 22.9 Å². The Balaban J connectivity index is 2.14. The molecule has 128 valence electrons. The summed E-state index contributed by atoms with van der Waals surface area (Å²) in [5.74, 6) is -0.154. The highest BCUT2D eigenvalue weighted by Crippen LogP contribution is 2.32. The number of carboxylic acids is 1. The molecule has 5 heteroatoms. The van der Waals surface area contributed by atoms with Crippen LogP contribution in [-0.4, -0.2) is 22.7 Å². The molecule has 3 aromatic rings. The van der Waals surface area contributed by atoms with Crippen molar-refractivity contribution in [3.05, 3.63) is 58.1 Å². The number of rotatable bonds is 5. The van der Waals surface area contributed by atoms with Gasteiger partial charge in [0, 0.05) is 15.4 Å². The predicted octanol–water partition coefficient (Wildman–Crippen LogP) is 5.46. The Labute approximate surface area is 154 Å². The van der Waals surface area contributed by atoms with Crippen molar-refractivity contribution in [1.29, 1.82) is 0 Å². The summed E-state index contributed by atoms with van der Waals surface area (Å²) >= 11 is 3.40. The van der Waals surface area contributed by atoms with Crippen molar-refractivity contribution >= 4 is 32.8 Å². The molecule has 1 heterocycles. The molecular formula is C20H18BrNO3. The van der Waals surface area contributed by atoms with E-state index in [1.54, 1.807) is 13.0 Å². The van der Waals surface area contributed by atoms with Crippen LogP contribution < -0.4 is 4.74 Å². The first kappa shape index (κ1) is 17.4. The molecule has 0 spiro atoms. The highest BCUT2D eigenvalue weighted by molar-refractivity contribution is 9.10. The molecule has 0 saturated carbocycles. The molecule has 25 heavy (non-hydrogen) atoms. The summed E-state index contributed by atoms with van der Waals surface area (Å²) in [4.78, 5) is 16.5. The van der Waals surface area contributed by atoms with Crippen LogP contribution in [0.25, 0.3) is 22.2 Å². The van der Waals surface area contributed by atoms with Crippen LogP contribution in [-0.2, 0) is 0 Å². The Morgan fingerprint density at radius 3 is 2.56 bits per heavy atom. The zero-order valence-corrected chi connectivity index (χ0v) is 15.6. The van der Waals surface area contributed by atoms with Gasteiger partial charge in [0.2, 0.25) is 0 Å². The first-order valence-corrected chi connectivity index (χ1v) is 8.87. The van der Waals surface area contributed by atoms with Gasteiger partial charge in [-0.2, -0.15) is 0 Å². The molecule has 0 aliphatic heterocycles. The molecule has 1 N–H and O–H groups in total. The van der Waals surface area contributed by atoms with Crippen LogP contribution >= 0.6 is 15.9 Å². The standard InChI is InChI=1S/C20H18BrNO3/c1-3-10-25-15-7-4-13(5-8-15)19-12(2)18(20(23)24)16-11-14(21)6-9-17(16)22-19/h4-9,11H,3,10H2,1-2H3,(H,23,24). The fourth-order valence-corrected chi connectivity index (χ4v) is 3.18. The number of pyridine rings is 1. The lowest BCUT2D eigenvalue weighted by Crippen LogP contribution is -2.05. The maximum absolute atomic E-state index is 11.8. The van der Waals surface area contributed by atoms with E-state index in [1.165, 1.54) is 0 Å². The fraction of sp³-hybridized carbons (Fsp3) is 0.200. The third-order valence-electron chi connectivity index (χ3n) is 4.00. The van der Waals surface area contributed by atoms with E-state index >= 15 is 0 Å². The molecule has 0 amide bonds. The van der Waals surface area contributed by atoms with E-state index in [0.29, 0.717) is 28.8 Å². The Bertz CT molecular complexity index is 936. The summed E-state index contributed by atoms with van der Waals surface area (Å²) in [7, 11) is 0. The lowest BCUT2D eigenvalue weighted by molar-refractivity contribution is 0.0698. The Kier molecular flexibility index (Phi) is 5.04. The normalized spacial score (nSPS) is 10.8. The van der Waals surface area contributed by atoms with Gasteiger partial charge in [-0.1, -0.05) is 22.9 Å². The van der Waals surface area contributed by atoms with Gasteiger partial charge in [-0.25, -0.2) is 9.78 Å². The second-order valence-corrected chi connectivity index (χ2v) is 6.72. The average molecular weight is 400 g/mol. The van der Waals surface area contributed by atoms with Crippen molar-refractivity contribution in [2.24, 2.45) is 0 Å². The van der Waals surface area contributed by atoms with E-state index in [0.717, 1.165) is 22.2 Å². The molecule has 0 fully saturated rings. The highest BCUT2D eigenvalue weighted by atomic mass is 79.9. The van der Waals surface area contributed by atoms with Gasteiger partial charge in [0.15, 0.2) is 0 Å². The minimum atomic E-state index is -0.952. The van der Waals surface area contributed by atoms with Crippen molar-refractivity contribution in [3.8, 4) is 17.0 Å². The third-order valence-corrected chi connectivity index (χ3v) is 4.50. The van der Waals surface area contributed by atoms with E-state index in [9.17, 15) is 9.90 Å². The Hall–Kier alpha value is -2.40. The number of carbonyl (C=O) groups is 1. The number of hydrogen-bond donors (Lipinski definition) is 1. The molecule has 0 aliphatic rings. The van der Waals surface area contributed by atoms with Crippen LogP contribution in [0.3, 0.4) is 0 Å². The number of fused-ring (bicyclic) bond motifs is 1. The van der Waals surface area contributed by atoms with Crippen LogP contribution in [0, 0.1) is 6.92 Å². The zero-order valence-electron chi connectivity index (χ0n) is 14.0. The SMILES string of the molecule is CCCOc1ccc(-c2nc3ccc(Br)cc3c(C(=O)O)c2C)cc1. The van der Waals surface area contributed by atoms with Crippen LogP contribution in [0.15, 0.2) is 46.9 Å². The largest absolute Gasteiger partial charge is 0.494 e. The van der Waals surface area contributed by atoms with Gasteiger partial charge in [-0.3, -0.25) is 0 Å². The predicted molar refractivity (Wildman–Crippen MR) is 102 cm³/mol. The maximum atomic E-state index is 11.8. The number of carboxylic acid groups (broad SMARTS) is 1. The Morgan fingerprint density at radius 2 is 1.92 bits per heavy atom. The number of halogens is 1. The zero-order chi connectivity index (χ0) is 18.0. The van der Waals surface area contributed by atoms with E-state index in [1.807, 2.05) is 36.4 Å². The summed E-state index contributed by atoms with van der Waals surface area (Å²) in [6.45, 7) is 4.53. The third kappa shape index (κ3) is 3.51. The van der Waals surface area contributed by atoms with Gasteiger partial charge in [0.25, 0.3) is 0 Å². The highest BCUT2D eigenvalue weighted by Gasteiger charge is 2.18. The molecule has 0 aliphatic carbocycles. The van der Waals surface area contributed by atoms with Crippen LogP contribution in [0.4, 0.5) is 0 Å². The van der Waals surface area contributed by atoms with Crippen molar-refractivity contribution in [2.45, 2.75) is 20.3 Å². The molecular weight excluding hydrogens is 382 g/mol. The van der Waals surface area contributed by atoms with E-state index < -0.39 is 5.97 Å². The minimum absolute atomic E-state index is 0.285. The van der Waals surface area contributed by atoms with Crippen molar-refractivity contribution in [3.63, 3.8) is 0 Å². The smallest absolute Gasteiger partial charge is 0.336 e. The number of hydrogen-bond acceptors (Lipinski definition) is 3. The van der Waals surface area contributed by atoms with Crippen LogP contribution in [0.5, 0.6) is 5.75 Å². The summed E-state index contributed by atoms with van der Waals surface area (Å²) in [5.41, 5.74) is 3.14. The molecule has 0 saturated heterocycles. The Morgan fingerprint density at radius 1 is 1.20 bits per heavy atom. The average Bonchev–Trinajstić information content (AvgIpc) is 2.59. The fourth-order valence-electron chi connectivity index (χ4n) is 2.82. The van der Waals surface area contributed by atoms with Gasteiger partial charge in [-0.15, -0.1) is 0 Å². The maximum Gasteiger partial charge on any atom is 0.336 e. The molecule has 4 nitrogen and oxygen atoms in total. The van der Waals surface area contributed by atoms with Crippen LogP contribution in [0.2, 0.25) is 0 Å². The lowest BCUT2D eigenvalue weighted by Gasteiger charge is -2.13. The van der Waals surface area contributed by atoms with Crippen molar-refractivity contribution in [1.82, 2.24) is 4.98 Å². The quantitative estimate of drug-likeness (QED) is 0.618. The lowest BCUT2D eigenvalue weighted by atomic mass is 9.98. The molecule has 3 rings (SSSR count). The number of aromatic carboxylic acids is 1. The van der Waals surface area contributed by atoms with Gasteiger partial charge in [-0.05, 0) is 61.4 Å². The number of aromatic nitrogens is 1. The van der Waals surface area contributed by atoms with Crippen molar-refractivity contribution in [2.75, 3.05) is 6.61 Å². The van der Waals surface area contributed by atoms with E-state index in [4.69, 9.17) is 9.72 Å². The summed E-state index contributed by atoms with van der Waals surface area (Å²) in [6, 6.07) is 13.1. The van der Waals surface area contributed by atoms with Gasteiger partial charge in [0.1, 0.15) is 5.75 Å². The summed E-state index contributed by atoms with van der Waals surface area (Å²) < 4.78 is 6.43. The molecule has 0 bridgehead atoms. The second kappa shape index (κ2) is 7.23.